The van der Waals surface area contributed by atoms with Crippen LogP contribution in [-0.4, -0.2) is 29.9 Å². The molecule has 1 amide bonds. The second kappa shape index (κ2) is 8.30. The Morgan fingerprint density at radius 1 is 1.32 bits per heavy atom. The summed E-state index contributed by atoms with van der Waals surface area (Å²) < 4.78 is 0. The van der Waals surface area contributed by atoms with Crippen LogP contribution in [0.25, 0.3) is 0 Å². The highest BCUT2D eigenvalue weighted by molar-refractivity contribution is 5.90. The van der Waals surface area contributed by atoms with Gasteiger partial charge in [-0.15, -0.1) is 0 Å². The van der Waals surface area contributed by atoms with E-state index in [-0.39, 0.29) is 11.9 Å². The Kier molecular flexibility index (Phi) is 6.40. The molecule has 22 heavy (non-hydrogen) atoms. The average Bonchev–Trinajstić information content (AvgIpc) is 2.49. The number of nitrogens with one attached hydrogen (secondary N) is 1. The van der Waals surface area contributed by atoms with Crippen LogP contribution in [0.5, 0.6) is 0 Å². The third-order valence-electron chi connectivity index (χ3n) is 4.35. The van der Waals surface area contributed by atoms with Crippen molar-refractivity contribution in [1.29, 1.82) is 0 Å². The molecule has 1 fully saturated rings. The van der Waals surface area contributed by atoms with Gasteiger partial charge in [0.2, 0.25) is 5.91 Å². The van der Waals surface area contributed by atoms with Crippen molar-refractivity contribution in [2.24, 2.45) is 11.7 Å². The van der Waals surface area contributed by atoms with Crippen LogP contribution >= 0.6 is 0 Å². The number of hydrogen-bond acceptors (Lipinski definition) is 3. The van der Waals surface area contributed by atoms with Gasteiger partial charge in [0.05, 0.1) is 0 Å². The van der Waals surface area contributed by atoms with Gasteiger partial charge < -0.3 is 11.1 Å². The Balaban J connectivity index is 1.78. The Hall–Kier alpha value is -1.39. The number of likely N-dealkylation sites (tertiary alicyclic amines) is 1. The molecular formula is C18H29N3O. The zero-order chi connectivity index (χ0) is 15.9. The van der Waals surface area contributed by atoms with Gasteiger partial charge in [-0.1, -0.05) is 19.1 Å². The first-order valence-electron chi connectivity index (χ1n) is 8.39. The monoisotopic (exact) mass is 303 g/mol. The van der Waals surface area contributed by atoms with Crippen molar-refractivity contribution in [1.82, 2.24) is 4.90 Å². The van der Waals surface area contributed by atoms with Gasteiger partial charge >= 0.3 is 0 Å². The summed E-state index contributed by atoms with van der Waals surface area (Å²) >= 11 is 0. The molecule has 0 spiro atoms. The number of hydrogen-bond donors (Lipinski definition) is 2. The van der Waals surface area contributed by atoms with Gasteiger partial charge in [-0.2, -0.15) is 0 Å². The van der Waals surface area contributed by atoms with E-state index in [9.17, 15) is 4.79 Å². The van der Waals surface area contributed by atoms with Crippen molar-refractivity contribution in [3.8, 4) is 0 Å². The van der Waals surface area contributed by atoms with Crippen LogP contribution in [-0.2, 0) is 11.3 Å². The van der Waals surface area contributed by atoms with E-state index in [4.69, 9.17) is 5.73 Å². The number of nitrogens with two attached hydrogens (primary N) is 1. The van der Waals surface area contributed by atoms with Gasteiger partial charge in [-0.05, 0) is 62.9 Å². The van der Waals surface area contributed by atoms with E-state index in [1.165, 1.54) is 31.5 Å². The van der Waals surface area contributed by atoms with Crippen molar-refractivity contribution < 1.29 is 4.79 Å². The highest BCUT2D eigenvalue weighted by atomic mass is 16.1. The fourth-order valence-corrected chi connectivity index (χ4v) is 2.75. The maximum atomic E-state index is 11.8. The molecule has 1 aromatic rings. The molecule has 4 nitrogen and oxygen atoms in total. The lowest BCUT2D eigenvalue weighted by Gasteiger charge is -2.30. The van der Waals surface area contributed by atoms with E-state index in [0.29, 0.717) is 6.42 Å². The van der Waals surface area contributed by atoms with Gasteiger partial charge in [-0.25, -0.2) is 0 Å². The van der Waals surface area contributed by atoms with E-state index in [1.807, 2.05) is 19.1 Å². The molecule has 4 heteroatoms. The topological polar surface area (TPSA) is 58.4 Å². The Bertz CT molecular complexity index is 462. The standard InChI is InChI=1S/C18H29N3O/c1-14-9-11-21(12-10-14)13-16-4-6-17(7-5-16)20-18(22)8-3-15(2)19/h4-7,14-15H,3,8-13,19H2,1-2H3,(H,20,22). The smallest absolute Gasteiger partial charge is 0.224 e. The zero-order valence-corrected chi connectivity index (χ0v) is 13.8. The molecular weight excluding hydrogens is 274 g/mol. The molecule has 2 rings (SSSR count). The first-order valence-corrected chi connectivity index (χ1v) is 8.39. The molecule has 0 radical (unpaired) electrons. The number of carbonyl (C=O) groups excluding carboxylic acids is 1. The summed E-state index contributed by atoms with van der Waals surface area (Å²) in [6.07, 6.45) is 3.80. The molecule has 3 N–H and O–H groups in total. The fraction of sp³-hybridized carbons (Fsp3) is 0.611. The predicted molar refractivity (Wildman–Crippen MR) is 91.6 cm³/mol. The third kappa shape index (κ3) is 5.78. The normalized spacial score (nSPS) is 18.1. The summed E-state index contributed by atoms with van der Waals surface area (Å²) in [6.45, 7) is 7.64. The number of rotatable bonds is 6. The molecule has 1 aliphatic heterocycles. The van der Waals surface area contributed by atoms with Crippen molar-refractivity contribution in [3.63, 3.8) is 0 Å². The van der Waals surface area contributed by atoms with Gasteiger partial charge in [0.15, 0.2) is 0 Å². The summed E-state index contributed by atoms with van der Waals surface area (Å²) in [5.74, 6) is 0.903. The first-order chi connectivity index (χ1) is 10.5. The molecule has 1 atom stereocenters. The lowest BCUT2D eigenvalue weighted by molar-refractivity contribution is -0.116. The van der Waals surface area contributed by atoms with Crippen LogP contribution in [0.3, 0.4) is 0 Å². The van der Waals surface area contributed by atoms with E-state index in [1.54, 1.807) is 0 Å². The van der Waals surface area contributed by atoms with Crippen LogP contribution in [0.1, 0.15) is 45.1 Å². The molecule has 1 aromatic carbocycles. The molecule has 0 aliphatic carbocycles. The van der Waals surface area contributed by atoms with E-state index in [0.717, 1.165) is 24.6 Å². The third-order valence-corrected chi connectivity index (χ3v) is 4.35. The average molecular weight is 303 g/mol. The molecule has 0 saturated carbocycles. The highest BCUT2D eigenvalue weighted by Gasteiger charge is 2.15. The highest BCUT2D eigenvalue weighted by Crippen LogP contribution is 2.19. The minimum absolute atomic E-state index is 0.0371. The number of nitrogens with zero attached hydrogens (tertiary/aromatic N) is 1. The second-order valence-corrected chi connectivity index (χ2v) is 6.72. The van der Waals surface area contributed by atoms with Gasteiger partial charge in [0.1, 0.15) is 0 Å². The Morgan fingerprint density at radius 2 is 1.95 bits per heavy atom. The molecule has 122 valence electrons. The molecule has 1 saturated heterocycles. The number of benzene rings is 1. The van der Waals surface area contributed by atoms with Crippen molar-refractivity contribution >= 4 is 11.6 Å². The van der Waals surface area contributed by atoms with Crippen LogP contribution < -0.4 is 11.1 Å². The molecule has 1 unspecified atom stereocenters. The van der Waals surface area contributed by atoms with Gasteiger partial charge in [0, 0.05) is 24.7 Å². The SMILES string of the molecule is CC(N)CCC(=O)Nc1ccc(CN2CCC(C)CC2)cc1. The largest absolute Gasteiger partial charge is 0.328 e. The van der Waals surface area contributed by atoms with Gasteiger partial charge in [0.25, 0.3) is 0 Å². The van der Waals surface area contributed by atoms with Crippen LogP contribution in [0.15, 0.2) is 24.3 Å². The fourth-order valence-electron chi connectivity index (χ4n) is 2.75. The lowest BCUT2D eigenvalue weighted by atomic mass is 9.99. The summed E-state index contributed by atoms with van der Waals surface area (Å²) in [4.78, 5) is 14.3. The number of amides is 1. The maximum absolute atomic E-state index is 11.8. The number of piperidine rings is 1. The van der Waals surface area contributed by atoms with E-state index in [2.05, 4.69) is 29.3 Å². The Labute approximate surface area is 134 Å². The Morgan fingerprint density at radius 3 is 2.55 bits per heavy atom. The van der Waals surface area contributed by atoms with Crippen LogP contribution in [0, 0.1) is 5.92 Å². The van der Waals surface area contributed by atoms with E-state index < -0.39 is 0 Å². The summed E-state index contributed by atoms with van der Waals surface area (Å²) in [7, 11) is 0. The van der Waals surface area contributed by atoms with Gasteiger partial charge in [-0.3, -0.25) is 9.69 Å². The summed E-state index contributed by atoms with van der Waals surface area (Å²) in [5, 5.41) is 2.93. The lowest BCUT2D eigenvalue weighted by Crippen LogP contribution is -2.32. The number of anilines is 1. The molecule has 1 heterocycles. The quantitative estimate of drug-likeness (QED) is 0.849. The predicted octanol–water partition coefficient (Wildman–Crippen LogP) is 2.98. The van der Waals surface area contributed by atoms with Crippen LogP contribution in [0.4, 0.5) is 5.69 Å². The van der Waals surface area contributed by atoms with Crippen LogP contribution in [0.2, 0.25) is 0 Å². The van der Waals surface area contributed by atoms with Crippen molar-refractivity contribution in [2.45, 2.75) is 52.1 Å². The molecule has 1 aliphatic rings. The molecule has 0 aromatic heterocycles. The maximum Gasteiger partial charge on any atom is 0.224 e. The van der Waals surface area contributed by atoms with Crippen molar-refractivity contribution in [3.05, 3.63) is 29.8 Å². The summed E-state index contributed by atoms with van der Waals surface area (Å²) in [5.41, 5.74) is 7.84. The molecule has 0 bridgehead atoms. The first kappa shape index (κ1) is 17.0. The second-order valence-electron chi connectivity index (χ2n) is 6.72. The summed E-state index contributed by atoms with van der Waals surface area (Å²) in [6, 6.07) is 8.27. The zero-order valence-electron chi connectivity index (χ0n) is 13.8. The van der Waals surface area contributed by atoms with Crippen molar-refractivity contribution in [2.75, 3.05) is 18.4 Å². The number of carbonyl (C=O) groups is 1. The minimum atomic E-state index is 0.0371. The minimum Gasteiger partial charge on any atom is -0.328 e. The van der Waals surface area contributed by atoms with E-state index >= 15 is 0 Å².